The molecule has 0 spiro atoms. The fourth-order valence-corrected chi connectivity index (χ4v) is 4.06. The fraction of sp³-hybridized carbons (Fsp3) is 0.500. The summed E-state index contributed by atoms with van der Waals surface area (Å²) >= 11 is 0. The quantitative estimate of drug-likeness (QED) is 0.857. The van der Waals surface area contributed by atoms with Crippen LogP contribution in [-0.4, -0.2) is 62.1 Å². The van der Waals surface area contributed by atoms with Crippen molar-refractivity contribution in [1.29, 1.82) is 5.26 Å². The molecular weight excluding hydrogens is 290 g/mol. The first kappa shape index (κ1) is 15.9. The molecule has 1 aromatic carbocycles. The van der Waals surface area contributed by atoms with Crippen molar-refractivity contribution in [1.82, 2.24) is 9.21 Å². The molecule has 0 saturated carbocycles. The normalized spacial score (nSPS) is 17.6. The average molecular weight is 309 g/mol. The van der Waals surface area contributed by atoms with Gasteiger partial charge in [0, 0.05) is 32.7 Å². The molecule has 1 saturated heterocycles. The maximum absolute atomic E-state index is 12.7. The molecule has 0 atom stereocenters. The van der Waals surface area contributed by atoms with Crippen molar-refractivity contribution in [2.45, 2.75) is 11.8 Å². The van der Waals surface area contributed by atoms with Gasteiger partial charge in [-0.2, -0.15) is 9.57 Å². The van der Waals surface area contributed by atoms with Crippen LogP contribution in [0.1, 0.15) is 11.1 Å². The molecule has 0 aliphatic carbocycles. The first-order chi connectivity index (χ1) is 9.98. The molecule has 1 fully saturated rings. The molecule has 0 bridgehead atoms. The highest BCUT2D eigenvalue weighted by Crippen LogP contribution is 2.22. The van der Waals surface area contributed by atoms with E-state index >= 15 is 0 Å². The molecule has 1 N–H and O–H groups in total. The van der Waals surface area contributed by atoms with Crippen molar-refractivity contribution in [2.24, 2.45) is 0 Å². The zero-order chi connectivity index (χ0) is 15.5. The van der Waals surface area contributed by atoms with Crippen LogP contribution in [0.3, 0.4) is 0 Å². The van der Waals surface area contributed by atoms with E-state index in [1.165, 1.54) is 4.31 Å². The second-order valence-electron chi connectivity index (χ2n) is 5.08. The van der Waals surface area contributed by atoms with Crippen molar-refractivity contribution in [3.63, 3.8) is 0 Å². The van der Waals surface area contributed by atoms with E-state index in [4.69, 9.17) is 10.4 Å². The zero-order valence-electron chi connectivity index (χ0n) is 12.0. The van der Waals surface area contributed by atoms with Crippen LogP contribution in [0.2, 0.25) is 0 Å². The van der Waals surface area contributed by atoms with Gasteiger partial charge in [-0.15, -0.1) is 0 Å². The highest BCUT2D eigenvalue weighted by Gasteiger charge is 2.30. The Balaban J connectivity index is 2.24. The predicted molar refractivity (Wildman–Crippen MR) is 78.2 cm³/mol. The van der Waals surface area contributed by atoms with Crippen LogP contribution in [0.25, 0.3) is 0 Å². The number of hydrogen-bond acceptors (Lipinski definition) is 5. The first-order valence-electron chi connectivity index (χ1n) is 6.83. The Kier molecular flexibility index (Phi) is 4.96. The van der Waals surface area contributed by atoms with Crippen molar-refractivity contribution < 1.29 is 13.5 Å². The van der Waals surface area contributed by atoms with Crippen molar-refractivity contribution in [3.05, 3.63) is 29.3 Å². The van der Waals surface area contributed by atoms with Crippen LogP contribution < -0.4 is 0 Å². The molecule has 6 nitrogen and oxygen atoms in total. The summed E-state index contributed by atoms with van der Waals surface area (Å²) in [4.78, 5) is 2.11. The molecule has 1 heterocycles. The van der Waals surface area contributed by atoms with Gasteiger partial charge >= 0.3 is 0 Å². The Morgan fingerprint density at radius 1 is 1.29 bits per heavy atom. The second-order valence-corrected chi connectivity index (χ2v) is 6.99. The molecule has 0 amide bonds. The summed E-state index contributed by atoms with van der Waals surface area (Å²) in [7, 11) is -3.64. The lowest BCUT2D eigenvalue weighted by atomic mass is 10.2. The molecule has 1 aliphatic rings. The van der Waals surface area contributed by atoms with E-state index in [-0.39, 0.29) is 17.1 Å². The first-order valence-corrected chi connectivity index (χ1v) is 8.27. The van der Waals surface area contributed by atoms with Gasteiger partial charge in [-0.05, 0) is 24.6 Å². The Morgan fingerprint density at radius 2 is 1.95 bits per heavy atom. The van der Waals surface area contributed by atoms with E-state index in [0.29, 0.717) is 32.7 Å². The summed E-state index contributed by atoms with van der Waals surface area (Å²) in [5.74, 6) is 0. The van der Waals surface area contributed by atoms with Gasteiger partial charge in [-0.25, -0.2) is 8.42 Å². The van der Waals surface area contributed by atoms with Crippen molar-refractivity contribution in [3.8, 4) is 6.07 Å². The lowest BCUT2D eigenvalue weighted by Crippen LogP contribution is -2.49. The number of piperazine rings is 1. The van der Waals surface area contributed by atoms with Crippen LogP contribution in [0, 0.1) is 18.3 Å². The summed E-state index contributed by atoms with van der Waals surface area (Å²) in [5, 5.41) is 18.0. The summed E-state index contributed by atoms with van der Waals surface area (Å²) in [5.41, 5.74) is 0.991. The molecular formula is C14H19N3O3S. The minimum absolute atomic E-state index is 0.0726. The lowest BCUT2D eigenvalue weighted by Gasteiger charge is -2.33. The van der Waals surface area contributed by atoms with Gasteiger partial charge in [0.25, 0.3) is 0 Å². The van der Waals surface area contributed by atoms with E-state index in [9.17, 15) is 8.42 Å². The van der Waals surface area contributed by atoms with E-state index in [0.717, 1.165) is 5.56 Å². The number of sulfonamides is 1. The monoisotopic (exact) mass is 309 g/mol. The number of hydrogen-bond donors (Lipinski definition) is 1. The molecule has 0 radical (unpaired) electrons. The van der Waals surface area contributed by atoms with Crippen molar-refractivity contribution >= 4 is 10.0 Å². The predicted octanol–water partition coefficient (Wildman–Crippen LogP) is 0.165. The summed E-state index contributed by atoms with van der Waals surface area (Å²) in [6.07, 6.45) is 0. The molecule has 2 rings (SSSR count). The number of aliphatic hydroxyl groups is 1. The van der Waals surface area contributed by atoms with Gasteiger partial charge in [0.05, 0.1) is 12.2 Å². The largest absolute Gasteiger partial charge is 0.395 e. The molecule has 1 aromatic rings. The van der Waals surface area contributed by atoms with Gasteiger partial charge < -0.3 is 5.11 Å². The number of aliphatic hydroxyl groups excluding tert-OH is 1. The number of benzene rings is 1. The number of nitriles is 1. The van der Waals surface area contributed by atoms with Gasteiger partial charge in [-0.3, -0.25) is 4.90 Å². The molecule has 7 heteroatoms. The van der Waals surface area contributed by atoms with E-state index in [2.05, 4.69) is 0 Å². The zero-order valence-corrected chi connectivity index (χ0v) is 12.8. The highest BCUT2D eigenvalue weighted by atomic mass is 32.2. The lowest BCUT2D eigenvalue weighted by molar-refractivity contribution is 0.151. The summed E-state index contributed by atoms with van der Waals surface area (Å²) < 4.78 is 26.8. The van der Waals surface area contributed by atoms with E-state index in [1.54, 1.807) is 25.1 Å². The Labute approximate surface area is 125 Å². The van der Waals surface area contributed by atoms with Crippen LogP contribution in [0.4, 0.5) is 0 Å². The Hall–Kier alpha value is -1.46. The minimum atomic E-state index is -3.64. The number of nitrogens with zero attached hydrogens (tertiary/aromatic N) is 3. The molecule has 0 aromatic heterocycles. The average Bonchev–Trinajstić information content (AvgIpc) is 2.48. The molecule has 0 unspecified atom stereocenters. The number of rotatable bonds is 4. The standard InChI is InChI=1S/C14H19N3O3S/c1-12-2-3-13(11-15)14(10-12)21(19,20)17-6-4-16(5-7-17)8-9-18/h2-3,10,18H,4-9H2,1H3. The third-order valence-electron chi connectivity index (χ3n) is 3.62. The Bertz CT molecular complexity index is 644. The molecule has 114 valence electrons. The van der Waals surface area contributed by atoms with Gasteiger partial charge in [0.2, 0.25) is 10.0 Å². The SMILES string of the molecule is Cc1ccc(C#N)c(S(=O)(=O)N2CCN(CCO)CC2)c1. The second kappa shape index (κ2) is 6.54. The number of β-amino-alcohol motifs (C(OH)–C–C–N with tert-alkyl or cyclic N) is 1. The molecule has 21 heavy (non-hydrogen) atoms. The van der Waals surface area contributed by atoms with Crippen LogP contribution in [0.15, 0.2) is 23.1 Å². The number of aryl methyl sites for hydroxylation is 1. The smallest absolute Gasteiger partial charge is 0.244 e. The third-order valence-corrected chi connectivity index (χ3v) is 5.56. The van der Waals surface area contributed by atoms with E-state index in [1.807, 2.05) is 11.0 Å². The highest BCUT2D eigenvalue weighted by molar-refractivity contribution is 7.89. The van der Waals surface area contributed by atoms with Gasteiger partial charge in [-0.1, -0.05) is 6.07 Å². The summed E-state index contributed by atoms with van der Waals surface area (Å²) in [6, 6.07) is 6.78. The van der Waals surface area contributed by atoms with E-state index < -0.39 is 10.0 Å². The maximum atomic E-state index is 12.7. The van der Waals surface area contributed by atoms with Crippen LogP contribution >= 0.6 is 0 Å². The summed E-state index contributed by atoms with van der Waals surface area (Å²) in [6.45, 7) is 4.37. The maximum Gasteiger partial charge on any atom is 0.244 e. The van der Waals surface area contributed by atoms with Gasteiger partial charge in [0.15, 0.2) is 0 Å². The molecule has 1 aliphatic heterocycles. The minimum Gasteiger partial charge on any atom is -0.395 e. The van der Waals surface area contributed by atoms with Crippen molar-refractivity contribution in [2.75, 3.05) is 39.3 Å². The van der Waals surface area contributed by atoms with Crippen LogP contribution in [-0.2, 0) is 10.0 Å². The third kappa shape index (κ3) is 3.41. The topological polar surface area (TPSA) is 84.6 Å². The van der Waals surface area contributed by atoms with Crippen LogP contribution in [0.5, 0.6) is 0 Å². The van der Waals surface area contributed by atoms with Gasteiger partial charge in [0.1, 0.15) is 11.0 Å². The fourth-order valence-electron chi connectivity index (χ4n) is 2.41. The Morgan fingerprint density at radius 3 is 2.52 bits per heavy atom.